The van der Waals surface area contributed by atoms with Crippen LogP contribution in [0.2, 0.25) is 0 Å². The van der Waals surface area contributed by atoms with E-state index in [1.54, 1.807) is 20.2 Å². The van der Waals surface area contributed by atoms with Crippen LogP contribution < -0.4 is 15.5 Å². The maximum Gasteiger partial charge on any atom is 0.243 e. The Morgan fingerprint density at radius 1 is 1.17 bits per heavy atom. The van der Waals surface area contributed by atoms with E-state index >= 15 is 0 Å². The molecule has 0 aliphatic carbocycles. The minimum absolute atomic E-state index is 0. The number of rotatable bonds is 8. The molecule has 0 radical (unpaired) electrons. The lowest BCUT2D eigenvalue weighted by molar-refractivity contribution is -0.127. The van der Waals surface area contributed by atoms with E-state index < -0.39 is 0 Å². The van der Waals surface area contributed by atoms with Crippen LogP contribution in [0.15, 0.2) is 29.3 Å². The molecule has 0 aromatic heterocycles. The van der Waals surface area contributed by atoms with Crippen LogP contribution in [0.1, 0.15) is 13.3 Å². The van der Waals surface area contributed by atoms with Crippen LogP contribution in [-0.4, -0.2) is 88.1 Å². The number of carbonyl (C=O) groups excluding carboxylic acids is 1. The van der Waals surface area contributed by atoms with E-state index in [9.17, 15) is 9.18 Å². The predicted octanol–water partition coefficient (Wildman–Crippen LogP) is 1.60. The molecule has 29 heavy (non-hydrogen) atoms. The summed E-state index contributed by atoms with van der Waals surface area (Å²) in [4.78, 5) is 22.0. The summed E-state index contributed by atoms with van der Waals surface area (Å²) in [7, 11) is 3.45. The van der Waals surface area contributed by atoms with Gasteiger partial charge in [-0.25, -0.2) is 9.38 Å². The molecule has 1 saturated heterocycles. The molecule has 0 atom stereocenters. The summed E-state index contributed by atoms with van der Waals surface area (Å²) in [5.74, 6) is 0.495. The maximum absolute atomic E-state index is 13.9. The van der Waals surface area contributed by atoms with Gasteiger partial charge < -0.3 is 20.4 Å². The van der Waals surface area contributed by atoms with Crippen LogP contribution in [0.25, 0.3) is 0 Å². The Hall–Kier alpha value is -1.62. The Morgan fingerprint density at radius 2 is 1.86 bits per heavy atom. The number of benzene rings is 1. The van der Waals surface area contributed by atoms with Gasteiger partial charge in [-0.3, -0.25) is 9.69 Å². The fraction of sp³-hybridized carbons (Fsp3) is 0.600. The highest BCUT2D eigenvalue weighted by molar-refractivity contribution is 14.0. The molecule has 1 heterocycles. The minimum Gasteiger partial charge on any atom is -0.367 e. The van der Waals surface area contributed by atoms with Crippen molar-refractivity contribution in [1.29, 1.82) is 0 Å². The van der Waals surface area contributed by atoms with Gasteiger partial charge in [0.05, 0.1) is 5.69 Å². The molecule has 0 spiro atoms. The number of amides is 1. The molecule has 2 N–H and O–H groups in total. The van der Waals surface area contributed by atoms with E-state index in [0.29, 0.717) is 11.6 Å². The van der Waals surface area contributed by atoms with E-state index in [0.717, 1.165) is 52.2 Å². The van der Waals surface area contributed by atoms with Crippen LogP contribution >= 0.6 is 24.0 Å². The Morgan fingerprint density at radius 3 is 2.48 bits per heavy atom. The molecule has 2 rings (SSSR count). The molecule has 0 unspecified atom stereocenters. The van der Waals surface area contributed by atoms with Crippen LogP contribution in [0.5, 0.6) is 0 Å². The number of anilines is 1. The van der Waals surface area contributed by atoms with Gasteiger partial charge in [-0.1, -0.05) is 12.1 Å². The van der Waals surface area contributed by atoms with Gasteiger partial charge in [-0.2, -0.15) is 0 Å². The monoisotopic (exact) mass is 520 g/mol. The third-order valence-corrected chi connectivity index (χ3v) is 4.72. The molecule has 7 nitrogen and oxygen atoms in total. The minimum atomic E-state index is -0.150. The van der Waals surface area contributed by atoms with Gasteiger partial charge in [0.2, 0.25) is 5.91 Å². The zero-order valence-corrected chi connectivity index (χ0v) is 20.0. The summed E-state index contributed by atoms with van der Waals surface area (Å²) in [6.07, 6.45) is 0.978. The number of nitrogens with zero attached hydrogens (tertiary/aromatic N) is 4. The van der Waals surface area contributed by atoms with Crippen molar-refractivity contribution in [3.8, 4) is 0 Å². The Labute approximate surface area is 190 Å². The Bertz CT molecular complexity index is 650. The first kappa shape index (κ1) is 25.4. The average molecular weight is 520 g/mol. The normalized spacial score (nSPS) is 14.9. The summed E-state index contributed by atoms with van der Waals surface area (Å²) in [5.41, 5.74) is 0.697. The van der Waals surface area contributed by atoms with Crippen molar-refractivity contribution in [3.05, 3.63) is 30.1 Å². The van der Waals surface area contributed by atoms with Gasteiger partial charge in [-0.15, -0.1) is 24.0 Å². The number of piperazine rings is 1. The number of nitrogens with one attached hydrogen (secondary N) is 2. The average Bonchev–Trinajstić information content (AvgIpc) is 2.70. The molecule has 164 valence electrons. The molecule has 0 saturated carbocycles. The third kappa shape index (κ3) is 8.73. The number of carbonyl (C=O) groups is 1. The SMILES string of the molecule is CCNC(=NCC(=O)N(C)C)NCCCN1CCN(c2ccccc2F)CC1.I. The highest BCUT2D eigenvalue weighted by Gasteiger charge is 2.18. The number of hydrogen-bond acceptors (Lipinski definition) is 4. The lowest BCUT2D eigenvalue weighted by Crippen LogP contribution is -2.47. The summed E-state index contributed by atoms with van der Waals surface area (Å²) < 4.78 is 13.9. The van der Waals surface area contributed by atoms with Crippen LogP contribution in [0.3, 0.4) is 0 Å². The third-order valence-electron chi connectivity index (χ3n) is 4.72. The van der Waals surface area contributed by atoms with Crippen molar-refractivity contribution in [2.45, 2.75) is 13.3 Å². The number of halogens is 2. The van der Waals surface area contributed by atoms with Gasteiger partial charge in [0.15, 0.2) is 5.96 Å². The van der Waals surface area contributed by atoms with Gasteiger partial charge >= 0.3 is 0 Å². The van der Waals surface area contributed by atoms with E-state index in [2.05, 4.69) is 25.4 Å². The Balaban J connectivity index is 0.00000420. The molecule has 1 aliphatic rings. The van der Waals surface area contributed by atoms with Crippen molar-refractivity contribution in [3.63, 3.8) is 0 Å². The molecule has 1 aliphatic heterocycles. The van der Waals surface area contributed by atoms with Crippen molar-refractivity contribution >= 4 is 41.5 Å². The first-order valence-corrected chi connectivity index (χ1v) is 9.95. The summed E-state index contributed by atoms with van der Waals surface area (Å²) in [5, 5.41) is 6.44. The second-order valence-corrected chi connectivity index (χ2v) is 7.04. The lowest BCUT2D eigenvalue weighted by atomic mass is 10.2. The number of hydrogen-bond donors (Lipinski definition) is 2. The molecule has 1 aromatic rings. The number of para-hydroxylation sites is 1. The van der Waals surface area contributed by atoms with Crippen LogP contribution in [0, 0.1) is 5.82 Å². The standard InChI is InChI=1S/C20H33FN6O.HI/c1-4-22-20(24-16-19(28)25(2)3)23-10-7-11-26-12-14-27(15-13-26)18-9-6-5-8-17(18)21;/h5-6,8-9H,4,7,10-16H2,1-3H3,(H2,22,23,24);1H. The molecule has 1 amide bonds. The van der Waals surface area contributed by atoms with Gasteiger partial charge in [0, 0.05) is 53.4 Å². The summed E-state index contributed by atoms with van der Waals surface area (Å²) >= 11 is 0. The molecular weight excluding hydrogens is 486 g/mol. The lowest BCUT2D eigenvalue weighted by Gasteiger charge is -2.36. The number of guanidine groups is 1. The van der Waals surface area contributed by atoms with Crippen molar-refractivity contribution in [2.24, 2.45) is 4.99 Å². The fourth-order valence-electron chi connectivity index (χ4n) is 3.06. The first-order valence-electron chi connectivity index (χ1n) is 9.95. The second-order valence-electron chi connectivity index (χ2n) is 7.04. The molecular formula is C20H34FIN6O. The topological polar surface area (TPSA) is 63.2 Å². The first-order chi connectivity index (χ1) is 13.5. The second kappa shape index (κ2) is 13.6. The van der Waals surface area contributed by atoms with E-state index in [-0.39, 0.29) is 42.2 Å². The van der Waals surface area contributed by atoms with Gasteiger partial charge in [0.25, 0.3) is 0 Å². The quantitative estimate of drug-likeness (QED) is 0.236. The number of likely N-dealkylation sites (N-methyl/N-ethyl adjacent to an activating group) is 1. The predicted molar refractivity (Wildman–Crippen MR) is 128 cm³/mol. The number of aliphatic imine (C=N–C) groups is 1. The smallest absolute Gasteiger partial charge is 0.243 e. The molecule has 0 bridgehead atoms. The van der Waals surface area contributed by atoms with Gasteiger partial charge in [-0.05, 0) is 32.0 Å². The summed E-state index contributed by atoms with van der Waals surface area (Å²) in [6, 6.07) is 6.97. The molecule has 1 fully saturated rings. The summed E-state index contributed by atoms with van der Waals surface area (Å²) in [6.45, 7) is 8.19. The van der Waals surface area contributed by atoms with Crippen LogP contribution in [0.4, 0.5) is 10.1 Å². The highest BCUT2D eigenvalue weighted by atomic mass is 127. The molecule has 9 heteroatoms. The molecule has 1 aromatic carbocycles. The highest BCUT2D eigenvalue weighted by Crippen LogP contribution is 2.20. The maximum atomic E-state index is 13.9. The largest absolute Gasteiger partial charge is 0.367 e. The zero-order chi connectivity index (χ0) is 20.4. The van der Waals surface area contributed by atoms with Gasteiger partial charge in [0.1, 0.15) is 12.4 Å². The van der Waals surface area contributed by atoms with E-state index in [1.807, 2.05) is 19.1 Å². The van der Waals surface area contributed by atoms with E-state index in [4.69, 9.17) is 0 Å². The van der Waals surface area contributed by atoms with Crippen LogP contribution in [-0.2, 0) is 4.79 Å². The van der Waals surface area contributed by atoms with Crippen molar-refractivity contribution < 1.29 is 9.18 Å². The van der Waals surface area contributed by atoms with Crippen molar-refractivity contribution in [1.82, 2.24) is 20.4 Å². The van der Waals surface area contributed by atoms with E-state index in [1.165, 1.54) is 11.0 Å². The fourth-order valence-corrected chi connectivity index (χ4v) is 3.06. The Kier molecular flexibility index (Phi) is 11.9. The zero-order valence-electron chi connectivity index (χ0n) is 17.7. The van der Waals surface area contributed by atoms with Crippen molar-refractivity contribution in [2.75, 3.05) is 71.4 Å².